The highest BCUT2D eigenvalue weighted by atomic mass is 35.5. The second kappa shape index (κ2) is 5.51. The zero-order valence-corrected chi connectivity index (χ0v) is 11.4. The average Bonchev–Trinajstić information content (AvgIpc) is 2.32. The van der Waals surface area contributed by atoms with Crippen molar-refractivity contribution in [2.45, 2.75) is 13.5 Å². The van der Waals surface area contributed by atoms with Gasteiger partial charge in [-0.15, -0.1) is 0 Å². The third-order valence-corrected chi connectivity index (χ3v) is 3.16. The third-order valence-electron chi connectivity index (χ3n) is 2.56. The maximum absolute atomic E-state index is 6.06. The smallest absolute Gasteiger partial charge is 0.142 e. The molecule has 0 spiro atoms. The second-order valence-electron chi connectivity index (χ2n) is 4.07. The van der Waals surface area contributed by atoms with Crippen LogP contribution in [0.4, 0.5) is 5.69 Å². The topological polar surface area (TPSA) is 35.2 Å². The summed E-state index contributed by atoms with van der Waals surface area (Å²) in [5, 5.41) is 1.26. The van der Waals surface area contributed by atoms with Gasteiger partial charge in [-0.25, -0.2) is 0 Å². The molecule has 4 heteroatoms. The second-order valence-corrected chi connectivity index (χ2v) is 4.91. The van der Waals surface area contributed by atoms with Crippen LogP contribution in [0.15, 0.2) is 36.4 Å². The van der Waals surface area contributed by atoms with Crippen molar-refractivity contribution in [2.24, 2.45) is 0 Å². The summed E-state index contributed by atoms with van der Waals surface area (Å²) in [4.78, 5) is 0. The Labute approximate surface area is 116 Å². The summed E-state index contributed by atoms with van der Waals surface area (Å²) in [7, 11) is 0. The quantitative estimate of drug-likeness (QED) is 0.843. The van der Waals surface area contributed by atoms with Crippen molar-refractivity contribution in [1.82, 2.24) is 0 Å². The van der Waals surface area contributed by atoms with Gasteiger partial charge in [-0.2, -0.15) is 0 Å². The molecule has 0 aromatic heterocycles. The molecule has 2 aromatic carbocycles. The fraction of sp³-hybridized carbons (Fsp3) is 0.143. The maximum Gasteiger partial charge on any atom is 0.142 e. The van der Waals surface area contributed by atoms with Crippen LogP contribution in [0.5, 0.6) is 5.75 Å². The van der Waals surface area contributed by atoms with E-state index in [0.717, 1.165) is 11.1 Å². The van der Waals surface area contributed by atoms with E-state index in [0.29, 0.717) is 28.1 Å². The van der Waals surface area contributed by atoms with E-state index >= 15 is 0 Å². The lowest BCUT2D eigenvalue weighted by Gasteiger charge is -2.10. The van der Waals surface area contributed by atoms with E-state index in [4.69, 9.17) is 33.7 Å². The third kappa shape index (κ3) is 3.09. The first-order valence-electron chi connectivity index (χ1n) is 5.49. The molecule has 0 heterocycles. The first kappa shape index (κ1) is 13.1. The van der Waals surface area contributed by atoms with Crippen LogP contribution >= 0.6 is 23.2 Å². The monoisotopic (exact) mass is 281 g/mol. The summed E-state index contributed by atoms with van der Waals surface area (Å²) in [5.41, 5.74) is 8.42. The number of aryl methyl sites for hydroxylation is 1. The minimum Gasteiger partial charge on any atom is -0.487 e. The lowest BCUT2D eigenvalue weighted by molar-refractivity contribution is 0.308. The van der Waals surface area contributed by atoms with Crippen LogP contribution in [-0.2, 0) is 6.61 Å². The fourth-order valence-corrected chi connectivity index (χ4v) is 1.98. The number of rotatable bonds is 3. The number of nitrogens with two attached hydrogens (primary N) is 1. The Morgan fingerprint density at radius 2 is 1.89 bits per heavy atom. The molecule has 18 heavy (non-hydrogen) atoms. The highest BCUT2D eigenvalue weighted by Crippen LogP contribution is 2.26. The molecule has 0 aliphatic rings. The summed E-state index contributed by atoms with van der Waals surface area (Å²) in [6.45, 7) is 2.32. The Morgan fingerprint density at radius 1 is 1.11 bits per heavy atom. The molecule has 0 bridgehead atoms. The highest BCUT2D eigenvalue weighted by molar-refractivity contribution is 6.33. The van der Waals surface area contributed by atoms with Crippen molar-refractivity contribution in [3.05, 3.63) is 57.6 Å². The van der Waals surface area contributed by atoms with E-state index in [1.165, 1.54) is 0 Å². The SMILES string of the molecule is Cc1ccc(OCc2cc(Cl)ccc2Cl)c(N)c1. The zero-order chi connectivity index (χ0) is 13.1. The zero-order valence-electron chi connectivity index (χ0n) is 9.91. The molecule has 2 N–H and O–H groups in total. The van der Waals surface area contributed by atoms with Crippen LogP contribution in [0.1, 0.15) is 11.1 Å². The number of hydrogen-bond donors (Lipinski definition) is 1. The molecule has 0 amide bonds. The van der Waals surface area contributed by atoms with Gasteiger partial charge in [0.2, 0.25) is 0 Å². The van der Waals surface area contributed by atoms with E-state index in [9.17, 15) is 0 Å². The summed E-state index contributed by atoms with van der Waals surface area (Å²) < 4.78 is 5.65. The van der Waals surface area contributed by atoms with Gasteiger partial charge >= 0.3 is 0 Å². The molecule has 0 fully saturated rings. The van der Waals surface area contributed by atoms with Gasteiger partial charge in [0.1, 0.15) is 12.4 Å². The van der Waals surface area contributed by atoms with E-state index in [1.54, 1.807) is 18.2 Å². The van der Waals surface area contributed by atoms with Crippen LogP contribution in [0.25, 0.3) is 0 Å². The van der Waals surface area contributed by atoms with E-state index in [1.807, 2.05) is 25.1 Å². The minimum absolute atomic E-state index is 0.340. The average molecular weight is 282 g/mol. The first-order valence-corrected chi connectivity index (χ1v) is 6.24. The Balaban J connectivity index is 2.13. The molecule has 94 valence electrons. The maximum atomic E-state index is 6.06. The van der Waals surface area contributed by atoms with Gasteiger partial charge in [0, 0.05) is 15.6 Å². The summed E-state index contributed by atoms with van der Waals surface area (Å²) in [6, 6.07) is 11.0. The summed E-state index contributed by atoms with van der Waals surface area (Å²) in [6.07, 6.45) is 0. The van der Waals surface area contributed by atoms with E-state index < -0.39 is 0 Å². The van der Waals surface area contributed by atoms with Crippen molar-refractivity contribution >= 4 is 28.9 Å². The Kier molecular flexibility index (Phi) is 4.00. The van der Waals surface area contributed by atoms with Crippen LogP contribution in [0.3, 0.4) is 0 Å². The molecule has 2 aromatic rings. The molecule has 0 aliphatic heterocycles. The van der Waals surface area contributed by atoms with Crippen molar-refractivity contribution < 1.29 is 4.74 Å². The molecule has 0 saturated heterocycles. The van der Waals surface area contributed by atoms with Crippen LogP contribution in [0, 0.1) is 6.92 Å². The Bertz CT molecular complexity index is 570. The minimum atomic E-state index is 0.340. The number of halogens is 2. The molecule has 0 saturated carbocycles. The van der Waals surface area contributed by atoms with Gasteiger partial charge < -0.3 is 10.5 Å². The molecular formula is C14H13Cl2NO. The van der Waals surface area contributed by atoms with E-state index in [-0.39, 0.29) is 0 Å². The van der Waals surface area contributed by atoms with Crippen molar-refractivity contribution in [2.75, 3.05) is 5.73 Å². The molecule has 0 atom stereocenters. The van der Waals surface area contributed by atoms with Crippen molar-refractivity contribution in [1.29, 1.82) is 0 Å². The van der Waals surface area contributed by atoms with Gasteiger partial charge in [0.05, 0.1) is 5.69 Å². The number of anilines is 1. The molecular weight excluding hydrogens is 269 g/mol. The lowest BCUT2D eigenvalue weighted by atomic mass is 10.2. The normalized spacial score (nSPS) is 10.4. The molecule has 2 rings (SSSR count). The van der Waals surface area contributed by atoms with Crippen LogP contribution < -0.4 is 10.5 Å². The van der Waals surface area contributed by atoms with Crippen LogP contribution in [-0.4, -0.2) is 0 Å². The number of hydrogen-bond acceptors (Lipinski definition) is 2. The summed E-state index contributed by atoms with van der Waals surface area (Å²) in [5.74, 6) is 0.650. The van der Waals surface area contributed by atoms with Gasteiger partial charge in [0.15, 0.2) is 0 Å². The fourth-order valence-electron chi connectivity index (χ4n) is 1.61. The predicted molar refractivity (Wildman–Crippen MR) is 76.4 cm³/mol. The predicted octanol–water partition coefficient (Wildman–Crippen LogP) is 4.46. The largest absolute Gasteiger partial charge is 0.487 e. The molecule has 0 aliphatic carbocycles. The standard InChI is InChI=1S/C14H13Cl2NO/c1-9-2-5-14(13(17)6-9)18-8-10-7-11(15)3-4-12(10)16/h2-7H,8,17H2,1H3. The molecule has 0 radical (unpaired) electrons. The van der Waals surface area contributed by atoms with Crippen molar-refractivity contribution in [3.8, 4) is 5.75 Å². The number of benzene rings is 2. The van der Waals surface area contributed by atoms with Crippen LogP contribution in [0.2, 0.25) is 10.0 Å². The van der Waals surface area contributed by atoms with E-state index in [2.05, 4.69) is 0 Å². The number of nitrogen functional groups attached to an aromatic ring is 1. The molecule has 0 unspecified atom stereocenters. The highest BCUT2D eigenvalue weighted by Gasteiger charge is 2.05. The Morgan fingerprint density at radius 3 is 2.61 bits per heavy atom. The number of ether oxygens (including phenoxy) is 1. The van der Waals surface area contributed by atoms with Gasteiger partial charge in [-0.1, -0.05) is 29.3 Å². The summed E-state index contributed by atoms with van der Waals surface area (Å²) >= 11 is 12.0. The molecule has 2 nitrogen and oxygen atoms in total. The Hall–Kier alpha value is -1.38. The lowest BCUT2D eigenvalue weighted by Crippen LogP contribution is -1.99. The van der Waals surface area contributed by atoms with Gasteiger partial charge in [0.25, 0.3) is 0 Å². The van der Waals surface area contributed by atoms with Gasteiger partial charge in [-0.05, 0) is 42.8 Å². The first-order chi connectivity index (χ1) is 8.56. The van der Waals surface area contributed by atoms with Gasteiger partial charge in [-0.3, -0.25) is 0 Å². The van der Waals surface area contributed by atoms with Crippen molar-refractivity contribution in [3.63, 3.8) is 0 Å².